The molecule has 0 spiro atoms. The van der Waals surface area contributed by atoms with Gasteiger partial charge in [0.15, 0.2) is 11.6 Å². The normalized spacial score (nSPS) is 16.3. The molecule has 0 saturated heterocycles. The van der Waals surface area contributed by atoms with E-state index in [0.29, 0.717) is 22.5 Å². The second kappa shape index (κ2) is 9.11. The Morgan fingerprint density at radius 1 is 1.20 bits per heavy atom. The third kappa shape index (κ3) is 5.73. The molecule has 188 valence electrons. The molecule has 0 radical (unpaired) electrons. The molecule has 1 N–H and O–H groups in total. The number of alkyl halides is 6. The lowest BCUT2D eigenvalue weighted by Crippen LogP contribution is -2.38. The molecule has 1 aliphatic heterocycles. The molecule has 0 saturated carbocycles. The maximum atomic E-state index is 12.8. The van der Waals surface area contributed by atoms with Crippen molar-refractivity contribution in [3.8, 4) is 5.75 Å². The predicted molar refractivity (Wildman–Crippen MR) is 111 cm³/mol. The molecule has 0 fully saturated rings. The Hall–Kier alpha value is -3.20. The molecule has 3 heterocycles. The largest absolute Gasteiger partial charge is 0.484 e. The van der Waals surface area contributed by atoms with Crippen LogP contribution in [0.2, 0.25) is 0 Å². The van der Waals surface area contributed by atoms with E-state index >= 15 is 0 Å². The van der Waals surface area contributed by atoms with E-state index in [4.69, 9.17) is 4.74 Å². The zero-order chi connectivity index (χ0) is 25.5. The van der Waals surface area contributed by atoms with Crippen LogP contribution >= 0.6 is 11.3 Å². The smallest absolute Gasteiger partial charge is 0.443 e. The van der Waals surface area contributed by atoms with Gasteiger partial charge in [0.05, 0.1) is 19.2 Å². The minimum atomic E-state index is -4.58. The van der Waals surface area contributed by atoms with Crippen LogP contribution in [0.3, 0.4) is 0 Å². The number of hydrogen-bond donors (Lipinski definition) is 1. The molecule has 1 aliphatic rings. The Morgan fingerprint density at radius 2 is 1.94 bits per heavy atom. The number of thiazole rings is 1. The first-order valence-electron chi connectivity index (χ1n) is 10.0. The maximum Gasteiger partial charge on any atom is 0.443 e. The van der Waals surface area contributed by atoms with Crippen LogP contribution < -0.4 is 15.3 Å². The number of aliphatic hydroxyl groups is 1. The minimum Gasteiger partial charge on any atom is -0.484 e. The molecule has 1 unspecified atom stereocenters. The van der Waals surface area contributed by atoms with Crippen molar-refractivity contribution in [1.82, 2.24) is 19.5 Å². The Morgan fingerprint density at radius 3 is 2.57 bits per heavy atom. The molecule has 3 aromatic rings. The summed E-state index contributed by atoms with van der Waals surface area (Å²) in [4.78, 5) is 25.8. The number of nitrogens with zero attached hydrogens (tertiary/aromatic N) is 5. The molecule has 4 rings (SSSR count). The van der Waals surface area contributed by atoms with Gasteiger partial charge in [-0.2, -0.15) is 36.3 Å². The van der Waals surface area contributed by atoms with Gasteiger partial charge in [-0.1, -0.05) is 6.07 Å². The number of ether oxygens (including phenoxy) is 1. The number of anilines is 1. The molecule has 2 aromatic heterocycles. The monoisotopic (exact) mass is 521 g/mol. The number of hydrogen-bond acceptors (Lipinski definition) is 8. The van der Waals surface area contributed by atoms with E-state index in [1.165, 1.54) is 30.0 Å². The quantitative estimate of drug-likeness (QED) is 0.514. The zero-order valence-electron chi connectivity index (χ0n) is 17.9. The summed E-state index contributed by atoms with van der Waals surface area (Å²) in [5.74, 6) is 0.157. The van der Waals surface area contributed by atoms with Crippen molar-refractivity contribution in [2.75, 3.05) is 18.1 Å². The molecule has 8 nitrogen and oxygen atoms in total. The van der Waals surface area contributed by atoms with Crippen LogP contribution in [0.4, 0.5) is 32.3 Å². The van der Waals surface area contributed by atoms with E-state index in [-0.39, 0.29) is 42.0 Å². The molecule has 0 amide bonds. The summed E-state index contributed by atoms with van der Waals surface area (Å²) >= 11 is 0.415. The Kier molecular flexibility index (Phi) is 6.48. The van der Waals surface area contributed by atoms with Crippen LogP contribution in [0.25, 0.3) is 0 Å². The van der Waals surface area contributed by atoms with E-state index in [2.05, 4.69) is 15.0 Å². The van der Waals surface area contributed by atoms with E-state index in [1.54, 1.807) is 0 Å². The fraction of sp³-hybridized carbons (Fsp3) is 0.400. The first kappa shape index (κ1) is 24.9. The second-order valence-corrected chi connectivity index (χ2v) is 8.85. The summed E-state index contributed by atoms with van der Waals surface area (Å²) in [7, 11) is 0. The average Bonchev–Trinajstić information content (AvgIpc) is 3.23. The Labute approximate surface area is 197 Å². The first-order valence-corrected chi connectivity index (χ1v) is 10.8. The molecule has 0 aliphatic carbocycles. The summed E-state index contributed by atoms with van der Waals surface area (Å²) in [6.07, 6.45) is -9.16. The van der Waals surface area contributed by atoms with Gasteiger partial charge in [0, 0.05) is 17.6 Å². The van der Waals surface area contributed by atoms with Gasteiger partial charge in [0.2, 0.25) is 5.95 Å². The highest BCUT2D eigenvalue weighted by molar-refractivity contribution is 7.11. The summed E-state index contributed by atoms with van der Waals surface area (Å²) in [6.45, 7) is -0.0285. The maximum absolute atomic E-state index is 12.8. The summed E-state index contributed by atoms with van der Waals surface area (Å²) in [5, 5.41) is 9.52. The topological polar surface area (TPSA) is 93.4 Å². The first-order chi connectivity index (χ1) is 16.3. The van der Waals surface area contributed by atoms with E-state index in [9.17, 15) is 36.2 Å². The van der Waals surface area contributed by atoms with Gasteiger partial charge < -0.3 is 14.7 Å². The van der Waals surface area contributed by atoms with Crippen molar-refractivity contribution in [2.45, 2.75) is 38.5 Å². The molecule has 15 heteroatoms. The van der Waals surface area contributed by atoms with Crippen molar-refractivity contribution in [3.63, 3.8) is 0 Å². The number of halogens is 6. The molecule has 0 bridgehead atoms. The van der Waals surface area contributed by atoms with E-state index < -0.39 is 35.8 Å². The van der Waals surface area contributed by atoms with Crippen molar-refractivity contribution in [2.24, 2.45) is 0 Å². The molecular weight excluding hydrogens is 504 g/mol. The summed E-state index contributed by atoms with van der Waals surface area (Å²) < 4.78 is 81.3. The van der Waals surface area contributed by atoms with Crippen molar-refractivity contribution >= 4 is 17.3 Å². The van der Waals surface area contributed by atoms with Crippen LogP contribution in [0.1, 0.15) is 32.9 Å². The average molecular weight is 521 g/mol. The van der Waals surface area contributed by atoms with Gasteiger partial charge in [0.1, 0.15) is 11.6 Å². The van der Waals surface area contributed by atoms with E-state index in [1.807, 2.05) is 0 Å². The summed E-state index contributed by atoms with van der Waals surface area (Å²) in [5.41, 5.74) is 0.222. The van der Waals surface area contributed by atoms with Gasteiger partial charge in [-0.25, -0.2) is 9.78 Å². The zero-order valence-corrected chi connectivity index (χ0v) is 18.7. The van der Waals surface area contributed by atoms with Crippen LogP contribution in [-0.2, 0) is 19.3 Å². The number of aliphatic hydroxyl groups excluding tert-OH is 1. The highest BCUT2D eigenvalue weighted by atomic mass is 32.1. The van der Waals surface area contributed by atoms with Crippen LogP contribution in [-0.4, -0.2) is 44.0 Å². The number of β-amino-alcohol motifs (C(OH)–C–C–N with tert-alkyl or cyclic N) is 1. The van der Waals surface area contributed by atoms with Gasteiger partial charge in [0.25, 0.3) is 0 Å². The number of benzene rings is 1. The van der Waals surface area contributed by atoms with Crippen molar-refractivity contribution in [1.29, 1.82) is 0 Å². The van der Waals surface area contributed by atoms with Crippen LogP contribution in [0.15, 0.2) is 29.2 Å². The standard InChI is InChI=1S/C20H17F6N5O3S/c1-10-28-17(29-18(33)31(10)7-13-5-27-16(35-13)20(24,25)26)30-6-11-2-3-12(34-9-19(21,22)23)4-14(11)15(32)8-30/h2-5,15,32H,6-9H2,1H3. The molecule has 35 heavy (non-hydrogen) atoms. The van der Waals surface area contributed by atoms with Gasteiger partial charge in [-0.05, 0) is 30.2 Å². The molecule has 1 aromatic carbocycles. The predicted octanol–water partition coefficient (Wildman–Crippen LogP) is 3.47. The fourth-order valence-corrected chi connectivity index (χ4v) is 4.29. The number of fused-ring (bicyclic) bond motifs is 1. The lowest BCUT2D eigenvalue weighted by atomic mass is 9.97. The van der Waals surface area contributed by atoms with Crippen molar-refractivity contribution in [3.05, 3.63) is 61.7 Å². The molecule has 1 atom stereocenters. The van der Waals surface area contributed by atoms with Gasteiger partial charge in [-0.15, -0.1) is 11.3 Å². The van der Waals surface area contributed by atoms with E-state index in [0.717, 1.165) is 10.8 Å². The van der Waals surface area contributed by atoms with Gasteiger partial charge in [-0.3, -0.25) is 4.57 Å². The second-order valence-electron chi connectivity index (χ2n) is 7.73. The van der Waals surface area contributed by atoms with Crippen LogP contribution in [0, 0.1) is 6.92 Å². The van der Waals surface area contributed by atoms with Gasteiger partial charge >= 0.3 is 18.0 Å². The minimum absolute atomic E-state index is 0.00568. The van der Waals surface area contributed by atoms with Crippen LogP contribution in [0.5, 0.6) is 5.75 Å². The Balaban J connectivity index is 1.52. The third-order valence-corrected chi connectivity index (χ3v) is 6.13. The highest BCUT2D eigenvalue weighted by Gasteiger charge is 2.35. The Bertz CT molecular complexity index is 1290. The SMILES string of the molecule is Cc1nc(N2Cc3ccc(OCC(F)(F)F)cc3C(O)C2)nc(=O)n1Cc1cnc(C(F)(F)F)s1. The summed E-state index contributed by atoms with van der Waals surface area (Å²) in [6, 6.07) is 4.18. The highest BCUT2D eigenvalue weighted by Crippen LogP contribution is 2.33. The molecular formula is C20H17F6N5O3S. The van der Waals surface area contributed by atoms with Crippen molar-refractivity contribution < 1.29 is 36.2 Å². The lowest BCUT2D eigenvalue weighted by molar-refractivity contribution is -0.153. The lowest BCUT2D eigenvalue weighted by Gasteiger charge is -2.32. The number of rotatable bonds is 5. The third-order valence-electron chi connectivity index (χ3n) is 5.11. The fourth-order valence-electron chi connectivity index (χ4n) is 3.52. The number of aryl methyl sites for hydroxylation is 1. The number of aromatic nitrogens is 4.